The molecule has 0 aromatic heterocycles. The molecule has 2 N–H and O–H groups in total. The van der Waals surface area contributed by atoms with Crippen molar-refractivity contribution in [2.45, 2.75) is 26.2 Å². The Morgan fingerprint density at radius 1 is 1.07 bits per heavy atom. The molecule has 3 heteroatoms. The van der Waals surface area contributed by atoms with Gasteiger partial charge in [0.25, 0.3) is 0 Å². The molecule has 1 aromatic rings. The van der Waals surface area contributed by atoms with Crippen LogP contribution in [0.15, 0.2) is 12.1 Å². The quantitative estimate of drug-likeness (QED) is 0.725. The van der Waals surface area contributed by atoms with E-state index in [9.17, 15) is 10.2 Å². The maximum absolute atomic E-state index is 9.63. The molecule has 1 rings (SSSR count). The van der Waals surface area contributed by atoms with Crippen molar-refractivity contribution < 1.29 is 14.9 Å². The van der Waals surface area contributed by atoms with Crippen LogP contribution in [0.25, 0.3) is 0 Å². The lowest BCUT2D eigenvalue weighted by molar-refractivity contribution is 0.365. The monoisotopic (exact) mass is 196 g/mol. The van der Waals surface area contributed by atoms with Crippen LogP contribution in [0, 0.1) is 0 Å². The van der Waals surface area contributed by atoms with E-state index in [-0.39, 0.29) is 16.9 Å². The average molecular weight is 196 g/mol. The molecule has 0 bridgehead atoms. The summed E-state index contributed by atoms with van der Waals surface area (Å²) in [5, 5.41) is 19.0. The first-order valence-corrected chi connectivity index (χ1v) is 4.46. The SMILES string of the molecule is COc1cc(C(C)(C)C)c(O)cc1O. The molecule has 0 unspecified atom stereocenters. The number of hydrogen-bond donors (Lipinski definition) is 2. The molecule has 0 aliphatic heterocycles. The molecular formula is C11H16O3. The summed E-state index contributed by atoms with van der Waals surface area (Å²) in [5.41, 5.74) is 0.581. The molecular weight excluding hydrogens is 180 g/mol. The number of ether oxygens (including phenoxy) is 1. The highest BCUT2D eigenvalue weighted by Gasteiger charge is 2.20. The van der Waals surface area contributed by atoms with Gasteiger partial charge in [-0.15, -0.1) is 0 Å². The predicted molar refractivity (Wildman–Crippen MR) is 55.0 cm³/mol. The summed E-state index contributed by atoms with van der Waals surface area (Å²) in [7, 11) is 1.48. The van der Waals surface area contributed by atoms with Gasteiger partial charge in [-0.3, -0.25) is 0 Å². The molecule has 0 saturated heterocycles. The van der Waals surface area contributed by atoms with Gasteiger partial charge in [-0.25, -0.2) is 0 Å². The van der Waals surface area contributed by atoms with Crippen molar-refractivity contribution in [2.75, 3.05) is 7.11 Å². The first-order valence-electron chi connectivity index (χ1n) is 4.46. The minimum Gasteiger partial charge on any atom is -0.508 e. The van der Waals surface area contributed by atoms with E-state index in [2.05, 4.69) is 0 Å². The number of benzene rings is 1. The van der Waals surface area contributed by atoms with Crippen LogP contribution >= 0.6 is 0 Å². The van der Waals surface area contributed by atoms with Gasteiger partial charge in [-0.2, -0.15) is 0 Å². The summed E-state index contributed by atoms with van der Waals surface area (Å²) in [6, 6.07) is 2.96. The third kappa shape index (κ3) is 1.92. The smallest absolute Gasteiger partial charge is 0.161 e. The second kappa shape index (κ2) is 3.40. The number of hydrogen-bond acceptors (Lipinski definition) is 3. The predicted octanol–water partition coefficient (Wildman–Crippen LogP) is 2.40. The van der Waals surface area contributed by atoms with E-state index in [1.54, 1.807) is 6.07 Å². The van der Waals surface area contributed by atoms with Crippen molar-refractivity contribution in [3.8, 4) is 17.2 Å². The van der Waals surface area contributed by atoms with Gasteiger partial charge >= 0.3 is 0 Å². The number of phenolic OH excluding ortho intramolecular Hbond substituents is 2. The topological polar surface area (TPSA) is 49.7 Å². The van der Waals surface area contributed by atoms with Crippen LogP contribution < -0.4 is 4.74 Å². The number of aromatic hydroxyl groups is 2. The zero-order chi connectivity index (χ0) is 10.9. The molecule has 3 nitrogen and oxygen atoms in total. The Labute approximate surface area is 84.0 Å². The Bertz CT molecular complexity index is 337. The highest BCUT2D eigenvalue weighted by Crippen LogP contribution is 2.38. The fraction of sp³-hybridized carbons (Fsp3) is 0.455. The fourth-order valence-electron chi connectivity index (χ4n) is 1.32. The van der Waals surface area contributed by atoms with E-state index >= 15 is 0 Å². The number of methoxy groups -OCH3 is 1. The van der Waals surface area contributed by atoms with Crippen LogP contribution in [0.4, 0.5) is 0 Å². The van der Waals surface area contributed by atoms with Gasteiger partial charge in [0, 0.05) is 11.6 Å². The summed E-state index contributed by atoms with van der Waals surface area (Å²) in [5.74, 6) is 0.432. The summed E-state index contributed by atoms with van der Waals surface area (Å²) in [4.78, 5) is 0. The molecule has 1 aromatic carbocycles. The molecule has 0 saturated carbocycles. The number of rotatable bonds is 1. The Morgan fingerprint density at radius 3 is 2.07 bits per heavy atom. The highest BCUT2D eigenvalue weighted by molar-refractivity contribution is 5.51. The first-order chi connectivity index (χ1) is 6.36. The Hall–Kier alpha value is -1.38. The summed E-state index contributed by atoms with van der Waals surface area (Å²) in [6.45, 7) is 5.95. The molecule has 0 fully saturated rings. The van der Waals surface area contributed by atoms with Crippen molar-refractivity contribution in [3.05, 3.63) is 17.7 Å². The average Bonchev–Trinajstić information content (AvgIpc) is 2.02. The van der Waals surface area contributed by atoms with E-state index < -0.39 is 0 Å². The van der Waals surface area contributed by atoms with Crippen LogP contribution in [0.2, 0.25) is 0 Å². The van der Waals surface area contributed by atoms with Crippen molar-refractivity contribution in [2.24, 2.45) is 0 Å². The van der Waals surface area contributed by atoms with Crippen LogP contribution in [0.5, 0.6) is 17.2 Å². The second-order valence-electron chi connectivity index (χ2n) is 4.29. The maximum atomic E-state index is 9.63. The van der Waals surface area contributed by atoms with Crippen LogP contribution in [0.1, 0.15) is 26.3 Å². The highest BCUT2D eigenvalue weighted by atomic mass is 16.5. The Balaban J connectivity index is 3.32. The maximum Gasteiger partial charge on any atom is 0.161 e. The number of phenols is 2. The minimum absolute atomic E-state index is 0.0435. The molecule has 0 radical (unpaired) electrons. The summed E-state index contributed by atoms with van der Waals surface area (Å²) < 4.78 is 4.97. The Morgan fingerprint density at radius 2 is 1.64 bits per heavy atom. The van der Waals surface area contributed by atoms with E-state index in [0.717, 1.165) is 5.56 Å². The molecule has 78 valence electrons. The Kier molecular flexibility index (Phi) is 2.60. The van der Waals surface area contributed by atoms with Gasteiger partial charge in [-0.1, -0.05) is 20.8 Å². The fourth-order valence-corrected chi connectivity index (χ4v) is 1.32. The second-order valence-corrected chi connectivity index (χ2v) is 4.29. The zero-order valence-electron chi connectivity index (χ0n) is 8.96. The van der Waals surface area contributed by atoms with Crippen LogP contribution in [-0.4, -0.2) is 17.3 Å². The van der Waals surface area contributed by atoms with Gasteiger partial charge in [-0.05, 0) is 11.5 Å². The molecule has 14 heavy (non-hydrogen) atoms. The third-order valence-corrected chi connectivity index (χ3v) is 2.11. The van der Waals surface area contributed by atoms with Gasteiger partial charge < -0.3 is 14.9 Å². The van der Waals surface area contributed by atoms with Crippen molar-refractivity contribution in [1.82, 2.24) is 0 Å². The third-order valence-electron chi connectivity index (χ3n) is 2.11. The van der Waals surface area contributed by atoms with Crippen LogP contribution in [-0.2, 0) is 5.41 Å². The lowest BCUT2D eigenvalue weighted by Crippen LogP contribution is -2.11. The molecule has 0 aliphatic carbocycles. The van der Waals surface area contributed by atoms with E-state index in [1.807, 2.05) is 20.8 Å². The van der Waals surface area contributed by atoms with E-state index in [1.165, 1.54) is 13.2 Å². The van der Waals surface area contributed by atoms with Crippen molar-refractivity contribution >= 4 is 0 Å². The minimum atomic E-state index is -0.176. The molecule has 0 aliphatic rings. The molecule has 0 spiro atoms. The normalized spacial score (nSPS) is 11.4. The first kappa shape index (κ1) is 10.7. The lowest BCUT2D eigenvalue weighted by atomic mass is 9.86. The molecule has 0 atom stereocenters. The van der Waals surface area contributed by atoms with Gasteiger partial charge in [0.1, 0.15) is 5.75 Å². The standard InChI is InChI=1S/C11H16O3/c1-11(2,3)7-5-10(14-4)9(13)6-8(7)12/h5-6,12-13H,1-4H3. The summed E-state index contributed by atoms with van der Waals surface area (Å²) in [6.07, 6.45) is 0. The van der Waals surface area contributed by atoms with Crippen molar-refractivity contribution in [1.29, 1.82) is 0 Å². The zero-order valence-corrected chi connectivity index (χ0v) is 8.96. The summed E-state index contributed by atoms with van der Waals surface area (Å²) >= 11 is 0. The largest absolute Gasteiger partial charge is 0.508 e. The van der Waals surface area contributed by atoms with Gasteiger partial charge in [0.05, 0.1) is 7.11 Å². The van der Waals surface area contributed by atoms with Crippen LogP contribution in [0.3, 0.4) is 0 Å². The van der Waals surface area contributed by atoms with Crippen molar-refractivity contribution in [3.63, 3.8) is 0 Å². The van der Waals surface area contributed by atoms with Gasteiger partial charge in [0.2, 0.25) is 0 Å². The molecule has 0 heterocycles. The van der Waals surface area contributed by atoms with E-state index in [0.29, 0.717) is 5.75 Å². The molecule has 0 amide bonds. The lowest BCUT2D eigenvalue weighted by Gasteiger charge is -2.21. The van der Waals surface area contributed by atoms with E-state index in [4.69, 9.17) is 4.74 Å². The van der Waals surface area contributed by atoms with Gasteiger partial charge in [0.15, 0.2) is 11.5 Å².